The molecule has 0 amide bonds. The lowest BCUT2D eigenvalue weighted by Gasteiger charge is -2.19. The van der Waals surface area contributed by atoms with Crippen LogP contribution < -0.4 is 0 Å². The summed E-state index contributed by atoms with van der Waals surface area (Å²) in [5.41, 5.74) is -1.17. The van der Waals surface area contributed by atoms with Gasteiger partial charge in [0.2, 0.25) is 0 Å². The van der Waals surface area contributed by atoms with Crippen molar-refractivity contribution in [2.75, 3.05) is 0 Å². The van der Waals surface area contributed by atoms with E-state index in [4.69, 9.17) is 0 Å². The summed E-state index contributed by atoms with van der Waals surface area (Å²) in [6, 6.07) is 4.82. The first-order valence-electron chi connectivity index (χ1n) is 5.21. The Balaban J connectivity index is 2.38. The number of rotatable bonds is 3. The van der Waals surface area contributed by atoms with Crippen molar-refractivity contribution in [3.63, 3.8) is 0 Å². The number of carbonyl (C=O) groups excluding carboxylic acids is 1. The molecule has 2 rings (SSSR count). The number of halogens is 3. The van der Waals surface area contributed by atoms with Gasteiger partial charge in [0.15, 0.2) is 0 Å². The minimum atomic E-state index is -4.40. The van der Waals surface area contributed by atoms with Gasteiger partial charge in [-0.3, -0.25) is 0 Å². The molecule has 0 heterocycles. The van der Waals surface area contributed by atoms with Gasteiger partial charge in [-0.1, -0.05) is 18.2 Å². The first-order valence-corrected chi connectivity index (χ1v) is 5.21. The standard InChI is InChI=1S/C12H11F3O2/c13-12(14,15)9-3-1-2-8(6-9)11(4-5-11)10(17)7-16/h1-3,6-7,10,17H,4-5H2. The number of hydrogen-bond acceptors (Lipinski definition) is 2. The molecule has 1 aromatic rings. The zero-order chi connectivity index (χ0) is 12.7. The Morgan fingerprint density at radius 1 is 1.35 bits per heavy atom. The largest absolute Gasteiger partial charge is 0.416 e. The average Bonchev–Trinajstić information content (AvgIpc) is 3.08. The molecule has 0 aromatic heterocycles. The van der Waals surface area contributed by atoms with Crippen LogP contribution in [-0.2, 0) is 16.4 Å². The molecule has 92 valence electrons. The molecule has 0 radical (unpaired) electrons. The van der Waals surface area contributed by atoms with Crippen molar-refractivity contribution < 1.29 is 23.1 Å². The number of alkyl halides is 3. The number of hydrogen-bond donors (Lipinski definition) is 1. The van der Waals surface area contributed by atoms with E-state index in [1.165, 1.54) is 12.1 Å². The van der Waals surface area contributed by atoms with E-state index in [0.29, 0.717) is 24.7 Å². The highest BCUT2D eigenvalue weighted by Gasteiger charge is 2.50. The van der Waals surface area contributed by atoms with E-state index in [-0.39, 0.29) is 0 Å². The van der Waals surface area contributed by atoms with Crippen molar-refractivity contribution in [2.24, 2.45) is 0 Å². The summed E-state index contributed by atoms with van der Waals surface area (Å²) < 4.78 is 37.6. The number of carbonyl (C=O) groups is 1. The molecule has 2 nitrogen and oxygen atoms in total. The van der Waals surface area contributed by atoms with Gasteiger partial charge in [-0.15, -0.1) is 0 Å². The van der Waals surface area contributed by atoms with E-state index in [2.05, 4.69) is 0 Å². The van der Waals surface area contributed by atoms with Gasteiger partial charge in [0.05, 0.1) is 5.56 Å². The first kappa shape index (κ1) is 12.1. The van der Waals surface area contributed by atoms with Crippen LogP contribution >= 0.6 is 0 Å². The van der Waals surface area contributed by atoms with Gasteiger partial charge in [-0.05, 0) is 24.5 Å². The smallest absolute Gasteiger partial charge is 0.385 e. The van der Waals surface area contributed by atoms with Crippen LogP contribution in [0.3, 0.4) is 0 Å². The topological polar surface area (TPSA) is 37.3 Å². The Labute approximate surface area is 96.1 Å². The fourth-order valence-electron chi connectivity index (χ4n) is 2.03. The maximum Gasteiger partial charge on any atom is 0.416 e. The van der Waals surface area contributed by atoms with Gasteiger partial charge in [0.25, 0.3) is 0 Å². The summed E-state index contributed by atoms with van der Waals surface area (Å²) in [6.07, 6.45) is -4.18. The van der Waals surface area contributed by atoms with Crippen LogP contribution in [0.1, 0.15) is 24.0 Å². The van der Waals surface area contributed by atoms with Gasteiger partial charge < -0.3 is 9.90 Å². The molecule has 1 aliphatic carbocycles. The van der Waals surface area contributed by atoms with E-state index >= 15 is 0 Å². The lowest BCUT2D eigenvalue weighted by molar-refractivity contribution is -0.137. The molecule has 0 bridgehead atoms. The van der Waals surface area contributed by atoms with Crippen molar-refractivity contribution in [2.45, 2.75) is 30.5 Å². The number of aldehydes is 1. The van der Waals surface area contributed by atoms with Crippen LogP contribution in [0, 0.1) is 0 Å². The van der Waals surface area contributed by atoms with E-state index in [0.717, 1.165) is 12.1 Å². The Bertz CT molecular complexity index is 436. The second kappa shape index (κ2) is 3.84. The summed E-state index contributed by atoms with van der Waals surface area (Å²) in [5.74, 6) is 0. The number of aliphatic hydroxyl groups excluding tert-OH is 1. The van der Waals surface area contributed by atoms with E-state index in [9.17, 15) is 23.1 Å². The van der Waals surface area contributed by atoms with Crippen LogP contribution in [0.15, 0.2) is 24.3 Å². The fourth-order valence-corrected chi connectivity index (χ4v) is 2.03. The monoisotopic (exact) mass is 244 g/mol. The highest BCUT2D eigenvalue weighted by atomic mass is 19.4. The molecule has 0 saturated heterocycles. The summed E-state index contributed by atoms with van der Waals surface area (Å²) in [5, 5.41) is 9.55. The van der Waals surface area contributed by atoms with Crippen LogP contribution in [0.4, 0.5) is 13.2 Å². The first-order chi connectivity index (χ1) is 7.90. The highest BCUT2D eigenvalue weighted by molar-refractivity contribution is 5.62. The minimum Gasteiger partial charge on any atom is -0.385 e. The van der Waals surface area contributed by atoms with Crippen LogP contribution in [0.25, 0.3) is 0 Å². The average molecular weight is 244 g/mol. The summed E-state index contributed by atoms with van der Waals surface area (Å²) in [4.78, 5) is 10.6. The Morgan fingerprint density at radius 2 is 2.00 bits per heavy atom. The molecule has 1 fully saturated rings. The molecule has 5 heteroatoms. The molecule has 0 aliphatic heterocycles. The molecule has 1 aromatic carbocycles. The predicted octanol–water partition coefficient (Wildman–Crippen LogP) is 2.30. The summed E-state index contributed by atoms with van der Waals surface area (Å²) in [6.45, 7) is 0. The van der Waals surface area contributed by atoms with E-state index in [1.54, 1.807) is 0 Å². The SMILES string of the molecule is O=CC(O)C1(c2cccc(C(F)(F)F)c2)CC1. The quantitative estimate of drug-likeness (QED) is 0.828. The number of aliphatic hydroxyl groups is 1. The second-order valence-corrected chi connectivity index (χ2v) is 4.32. The Morgan fingerprint density at radius 3 is 2.47 bits per heavy atom. The van der Waals surface area contributed by atoms with E-state index in [1.807, 2.05) is 0 Å². The molecular formula is C12H11F3O2. The van der Waals surface area contributed by atoms with Gasteiger partial charge in [-0.2, -0.15) is 13.2 Å². The maximum absolute atomic E-state index is 12.5. The van der Waals surface area contributed by atoms with Gasteiger partial charge >= 0.3 is 6.18 Å². The molecule has 1 saturated carbocycles. The lowest BCUT2D eigenvalue weighted by Crippen LogP contribution is -2.27. The predicted molar refractivity (Wildman–Crippen MR) is 54.4 cm³/mol. The molecule has 1 atom stereocenters. The zero-order valence-electron chi connectivity index (χ0n) is 8.87. The third-order valence-electron chi connectivity index (χ3n) is 3.25. The second-order valence-electron chi connectivity index (χ2n) is 4.32. The lowest BCUT2D eigenvalue weighted by atomic mass is 9.89. The molecular weight excluding hydrogens is 233 g/mol. The van der Waals surface area contributed by atoms with Crippen molar-refractivity contribution in [3.05, 3.63) is 35.4 Å². The molecule has 1 unspecified atom stereocenters. The van der Waals surface area contributed by atoms with Crippen molar-refractivity contribution >= 4 is 6.29 Å². The highest BCUT2D eigenvalue weighted by Crippen LogP contribution is 2.51. The zero-order valence-corrected chi connectivity index (χ0v) is 8.87. The molecule has 1 aliphatic rings. The number of benzene rings is 1. The Hall–Kier alpha value is -1.36. The van der Waals surface area contributed by atoms with E-state index < -0.39 is 23.3 Å². The van der Waals surface area contributed by atoms with Crippen molar-refractivity contribution in [3.8, 4) is 0 Å². The van der Waals surface area contributed by atoms with Gasteiger partial charge in [0, 0.05) is 5.41 Å². The molecule has 1 N–H and O–H groups in total. The third kappa shape index (κ3) is 2.07. The molecule has 0 spiro atoms. The van der Waals surface area contributed by atoms with Crippen LogP contribution in [0.5, 0.6) is 0 Å². The van der Waals surface area contributed by atoms with Gasteiger partial charge in [0.1, 0.15) is 12.4 Å². The normalized spacial score (nSPS) is 19.8. The molecule has 17 heavy (non-hydrogen) atoms. The summed E-state index contributed by atoms with van der Waals surface area (Å²) >= 11 is 0. The summed E-state index contributed by atoms with van der Waals surface area (Å²) in [7, 11) is 0. The van der Waals surface area contributed by atoms with Crippen molar-refractivity contribution in [1.29, 1.82) is 0 Å². The fraction of sp³-hybridized carbons (Fsp3) is 0.417. The Kier molecular flexibility index (Phi) is 2.73. The van der Waals surface area contributed by atoms with Crippen molar-refractivity contribution in [1.82, 2.24) is 0 Å². The van der Waals surface area contributed by atoms with Crippen LogP contribution in [0.2, 0.25) is 0 Å². The van der Waals surface area contributed by atoms with Crippen LogP contribution in [-0.4, -0.2) is 17.5 Å². The third-order valence-corrected chi connectivity index (χ3v) is 3.25. The minimum absolute atomic E-state index is 0.381. The maximum atomic E-state index is 12.5. The van der Waals surface area contributed by atoms with Gasteiger partial charge in [-0.25, -0.2) is 0 Å².